The Morgan fingerprint density at radius 2 is 1.76 bits per heavy atom. The van der Waals surface area contributed by atoms with Crippen molar-refractivity contribution in [1.29, 1.82) is 0 Å². The molecule has 0 N–H and O–H groups in total. The van der Waals surface area contributed by atoms with Crippen LogP contribution in [-0.2, 0) is 16.1 Å². The summed E-state index contributed by atoms with van der Waals surface area (Å²) >= 11 is 0. The second-order valence-corrected chi connectivity index (χ2v) is 11.1. The summed E-state index contributed by atoms with van der Waals surface area (Å²) in [4.78, 5) is 31.8. The first-order valence-electron chi connectivity index (χ1n) is 14.1. The first-order valence-corrected chi connectivity index (χ1v) is 14.1. The molecule has 0 amide bonds. The molecule has 8 heteroatoms. The number of carbonyl (C=O) groups is 2. The van der Waals surface area contributed by atoms with Gasteiger partial charge in [0.1, 0.15) is 11.6 Å². The summed E-state index contributed by atoms with van der Waals surface area (Å²) in [6.45, 7) is 8.93. The Kier molecular flexibility index (Phi) is 9.76. The van der Waals surface area contributed by atoms with Gasteiger partial charge in [-0.2, -0.15) is 0 Å². The van der Waals surface area contributed by atoms with Crippen LogP contribution in [0.5, 0.6) is 11.6 Å². The van der Waals surface area contributed by atoms with Crippen molar-refractivity contribution in [2.45, 2.75) is 71.5 Å². The van der Waals surface area contributed by atoms with Gasteiger partial charge in [0.05, 0.1) is 26.2 Å². The first-order chi connectivity index (χ1) is 19.6. The van der Waals surface area contributed by atoms with Crippen LogP contribution in [-0.4, -0.2) is 48.1 Å². The molecule has 1 atom stereocenters. The minimum absolute atomic E-state index is 0.0147. The Bertz CT molecular complexity index is 1380. The predicted octanol–water partition coefficient (Wildman–Crippen LogP) is 6.79. The summed E-state index contributed by atoms with van der Waals surface area (Å²) in [5, 5.41) is 0. The van der Waals surface area contributed by atoms with Crippen LogP contribution in [0.1, 0.15) is 74.4 Å². The molecule has 0 saturated heterocycles. The van der Waals surface area contributed by atoms with Crippen molar-refractivity contribution >= 4 is 11.9 Å². The highest BCUT2D eigenvalue weighted by Crippen LogP contribution is 2.45. The van der Waals surface area contributed by atoms with E-state index in [0.717, 1.165) is 29.5 Å². The quantitative estimate of drug-likeness (QED) is 0.178. The molecule has 1 saturated carbocycles. The molecule has 1 heterocycles. The van der Waals surface area contributed by atoms with Gasteiger partial charge in [0.25, 0.3) is 0 Å². The van der Waals surface area contributed by atoms with E-state index in [1.807, 2.05) is 6.07 Å². The van der Waals surface area contributed by atoms with Crippen molar-refractivity contribution in [3.8, 4) is 22.8 Å². The van der Waals surface area contributed by atoms with Gasteiger partial charge in [-0.3, -0.25) is 9.69 Å². The van der Waals surface area contributed by atoms with Crippen LogP contribution in [0, 0.1) is 11.7 Å². The summed E-state index contributed by atoms with van der Waals surface area (Å²) in [6, 6.07) is 14.1. The maximum absolute atomic E-state index is 15.6. The molecule has 0 aliphatic heterocycles. The fraction of sp³-hybridized carbons (Fsp3) is 0.424. The lowest BCUT2D eigenvalue weighted by atomic mass is 9.91. The average Bonchev–Trinajstić information content (AvgIpc) is 3.80. The molecule has 4 rings (SSSR count). The molecule has 1 aliphatic rings. The van der Waals surface area contributed by atoms with E-state index in [2.05, 4.69) is 37.6 Å². The number of esters is 2. The number of benzene rings is 2. The highest BCUT2D eigenvalue weighted by atomic mass is 19.1. The van der Waals surface area contributed by atoms with Crippen LogP contribution in [0.15, 0.2) is 54.7 Å². The second-order valence-electron chi connectivity index (χ2n) is 11.1. The maximum Gasteiger partial charge on any atom is 0.346 e. The van der Waals surface area contributed by atoms with E-state index in [9.17, 15) is 9.59 Å². The van der Waals surface area contributed by atoms with Gasteiger partial charge in [-0.05, 0) is 105 Å². The third kappa shape index (κ3) is 7.50. The van der Waals surface area contributed by atoms with E-state index in [1.54, 1.807) is 42.6 Å². The number of methoxy groups -OCH3 is 2. The largest absolute Gasteiger partial charge is 0.481 e. The van der Waals surface area contributed by atoms with E-state index < -0.39 is 11.8 Å². The first kappa shape index (κ1) is 30.2. The number of halogens is 1. The van der Waals surface area contributed by atoms with E-state index >= 15 is 4.39 Å². The molecular weight excluding hydrogens is 523 g/mol. The van der Waals surface area contributed by atoms with Crippen molar-refractivity contribution in [3.63, 3.8) is 0 Å². The number of pyridine rings is 1. The zero-order chi connectivity index (χ0) is 29.7. The summed E-state index contributed by atoms with van der Waals surface area (Å²) < 4.78 is 31.5. The van der Waals surface area contributed by atoms with Crippen molar-refractivity contribution in [1.82, 2.24) is 9.88 Å². The standard InChI is InChI=1S/C33H39FN2O5/c1-20(2)36(21(3)4)19-25-15-29(30(34)17-27(25)24-12-13-35-31(16-24)39-5)33(38)41-26-9-7-8-23(14-26)28(22-10-11-22)18-32(37)40-6/h7-9,12-17,20-22,28H,10-11,18-19H2,1-6H3/t28-/m0/s1. The predicted molar refractivity (Wildman–Crippen MR) is 155 cm³/mol. The van der Waals surface area contributed by atoms with Crippen LogP contribution in [0.25, 0.3) is 11.1 Å². The molecular formula is C33H39FN2O5. The summed E-state index contributed by atoms with van der Waals surface area (Å²) in [5.74, 6) is -0.637. The third-order valence-electron chi connectivity index (χ3n) is 7.65. The minimum Gasteiger partial charge on any atom is -0.481 e. The number of hydrogen-bond donors (Lipinski definition) is 0. The third-order valence-corrected chi connectivity index (χ3v) is 7.65. The zero-order valence-electron chi connectivity index (χ0n) is 24.6. The van der Waals surface area contributed by atoms with Gasteiger partial charge in [0.15, 0.2) is 0 Å². The topological polar surface area (TPSA) is 78.0 Å². The normalized spacial score (nSPS) is 13.9. The molecule has 0 radical (unpaired) electrons. The number of carbonyl (C=O) groups excluding carboxylic acids is 2. The molecule has 218 valence electrons. The van der Waals surface area contributed by atoms with E-state index in [0.29, 0.717) is 29.7 Å². The number of nitrogens with zero attached hydrogens (tertiary/aromatic N) is 2. The van der Waals surface area contributed by atoms with Crippen LogP contribution in [0.4, 0.5) is 4.39 Å². The van der Waals surface area contributed by atoms with Crippen molar-refractivity contribution in [2.75, 3.05) is 14.2 Å². The second kappa shape index (κ2) is 13.3. The smallest absolute Gasteiger partial charge is 0.346 e. The number of aromatic nitrogens is 1. The van der Waals surface area contributed by atoms with Gasteiger partial charge < -0.3 is 14.2 Å². The van der Waals surface area contributed by atoms with Gasteiger partial charge in [0, 0.05) is 30.9 Å². The molecule has 0 spiro atoms. The van der Waals surface area contributed by atoms with Crippen molar-refractivity contribution in [3.05, 3.63) is 77.2 Å². The maximum atomic E-state index is 15.6. The minimum atomic E-state index is -0.781. The van der Waals surface area contributed by atoms with Gasteiger partial charge in [-0.25, -0.2) is 14.2 Å². The highest BCUT2D eigenvalue weighted by Gasteiger charge is 2.34. The average molecular weight is 563 g/mol. The van der Waals surface area contributed by atoms with Crippen LogP contribution >= 0.6 is 0 Å². The van der Waals surface area contributed by atoms with Crippen molar-refractivity contribution in [2.24, 2.45) is 5.92 Å². The highest BCUT2D eigenvalue weighted by molar-refractivity contribution is 5.92. The van der Waals surface area contributed by atoms with Crippen LogP contribution in [0.2, 0.25) is 0 Å². The molecule has 1 fully saturated rings. The monoisotopic (exact) mass is 562 g/mol. The number of ether oxygens (including phenoxy) is 3. The fourth-order valence-electron chi connectivity index (χ4n) is 5.31. The van der Waals surface area contributed by atoms with E-state index in [-0.39, 0.29) is 36.0 Å². The van der Waals surface area contributed by atoms with Gasteiger partial charge in [-0.1, -0.05) is 12.1 Å². The van der Waals surface area contributed by atoms with E-state index in [4.69, 9.17) is 14.2 Å². The zero-order valence-corrected chi connectivity index (χ0v) is 24.6. The molecule has 41 heavy (non-hydrogen) atoms. The van der Waals surface area contributed by atoms with Crippen molar-refractivity contribution < 1.29 is 28.2 Å². The van der Waals surface area contributed by atoms with Gasteiger partial charge in [0.2, 0.25) is 5.88 Å². The molecule has 0 bridgehead atoms. The molecule has 7 nitrogen and oxygen atoms in total. The summed E-state index contributed by atoms with van der Waals surface area (Å²) in [5.41, 5.74) is 2.94. The lowest BCUT2D eigenvalue weighted by Crippen LogP contribution is -2.36. The Hall–Kier alpha value is -3.78. The van der Waals surface area contributed by atoms with Gasteiger partial charge in [-0.15, -0.1) is 0 Å². The van der Waals surface area contributed by atoms with Gasteiger partial charge >= 0.3 is 11.9 Å². The SMILES string of the molecule is COC(=O)C[C@H](c1cccc(OC(=O)c2cc(CN(C(C)C)C(C)C)c(-c3ccnc(OC)c3)cc2F)c1)C1CC1. The lowest BCUT2D eigenvalue weighted by Gasteiger charge is -2.31. The van der Waals surface area contributed by atoms with Crippen LogP contribution < -0.4 is 9.47 Å². The Balaban J connectivity index is 1.67. The molecule has 0 unspecified atom stereocenters. The summed E-state index contributed by atoms with van der Waals surface area (Å²) in [6.07, 6.45) is 3.96. The Morgan fingerprint density at radius 1 is 1.02 bits per heavy atom. The number of rotatable bonds is 12. The molecule has 1 aromatic heterocycles. The lowest BCUT2D eigenvalue weighted by molar-refractivity contribution is -0.141. The Morgan fingerprint density at radius 3 is 2.39 bits per heavy atom. The Labute approximate surface area is 241 Å². The molecule has 3 aromatic rings. The van der Waals surface area contributed by atoms with Crippen LogP contribution in [0.3, 0.4) is 0 Å². The molecule has 1 aliphatic carbocycles. The van der Waals surface area contributed by atoms with E-state index in [1.165, 1.54) is 20.3 Å². The molecule has 2 aromatic carbocycles. The number of hydrogen-bond acceptors (Lipinski definition) is 7. The summed E-state index contributed by atoms with van der Waals surface area (Å²) in [7, 11) is 2.91. The fourth-order valence-corrected chi connectivity index (χ4v) is 5.31.